The largest absolute Gasteiger partial charge is 0.505 e. The number of fused-ring (bicyclic) bond motifs is 1. The number of nitrogens with zero attached hydrogens (tertiary/aromatic N) is 8. The van der Waals surface area contributed by atoms with Gasteiger partial charge in [0.15, 0.2) is 11.5 Å². The zero-order valence-electron chi connectivity index (χ0n) is 27.7. The third-order valence-electron chi connectivity index (χ3n) is 8.65. The first kappa shape index (κ1) is 34.4. The number of benzene rings is 1. The number of rotatable bonds is 8. The molecular formula is C33H36F3N9O5. The van der Waals surface area contributed by atoms with Crippen molar-refractivity contribution in [2.75, 3.05) is 68.6 Å². The molecule has 0 aliphatic carbocycles. The maximum Gasteiger partial charge on any atom is 0.418 e. The average molecular weight is 696 g/mol. The van der Waals surface area contributed by atoms with E-state index in [0.717, 1.165) is 11.6 Å². The monoisotopic (exact) mass is 695 g/mol. The van der Waals surface area contributed by atoms with Crippen LogP contribution in [0.5, 0.6) is 5.75 Å². The number of nitrogens with one attached hydrogen (secondary N) is 1. The van der Waals surface area contributed by atoms with Gasteiger partial charge in [0, 0.05) is 52.2 Å². The highest BCUT2D eigenvalue weighted by atomic mass is 19.4. The lowest BCUT2D eigenvalue weighted by Crippen LogP contribution is -2.51. The number of ether oxygens (including phenoxy) is 1. The SMILES string of the molecule is CCc1c(N2CCN(C(=O)c3ncccc3O)CC2)c(=O)n2nc(C3=CCOCC3)nc2n1CC(=O)Nc1ccc(C(F)(F)F)c(N(C)C)c1. The molecule has 0 saturated carbocycles. The molecule has 6 rings (SSSR count). The van der Waals surface area contributed by atoms with Gasteiger partial charge < -0.3 is 34.4 Å². The molecule has 1 aromatic carbocycles. The number of aromatic hydroxyl groups is 1. The van der Waals surface area contributed by atoms with E-state index in [1.54, 1.807) is 9.47 Å². The number of anilines is 3. The summed E-state index contributed by atoms with van der Waals surface area (Å²) in [6.45, 7) is 3.33. The molecule has 0 spiro atoms. The number of amides is 2. The molecule has 1 fully saturated rings. The van der Waals surface area contributed by atoms with Crippen molar-refractivity contribution in [3.05, 3.63) is 75.7 Å². The van der Waals surface area contributed by atoms with E-state index in [2.05, 4.69) is 20.4 Å². The van der Waals surface area contributed by atoms with Gasteiger partial charge in [0.25, 0.3) is 11.5 Å². The number of alkyl halides is 3. The Balaban J connectivity index is 1.35. The topological polar surface area (TPSA) is 150 Å². The summed E-state index contributed by atoms with van der Waals surface area (Å²) in [7, 11) is 2.97. The fourth-order valence-electron chi connectivity index (χ4n) is 6.20. The van der Waals surface area contributed by atoms with Gasteiger partial charge in [0.2, 0.25) is 11.7 Å². The van der Waals surface area contributed by atoms with Crippen molar-refractivity contribution >= 4 is 40.2 Å². The fourth-order valence-corrected chi connectivity index (χ4v) is 6.20. The van der Waals surface area contributed by atoms with Crippen molar-refractivity contribution in [3.8, 4) is 5.75 Å². The molecule has 4 aromatic rings. The molecule has 0 unspecified atom stereocenters. The number of halogens is 3. The summed E-state index contributed by atoms with van der Waals surface area (Å²) in [5, 5.41) is 17.4. The number of aromatic nitrogens is 5. The minimum Gasteiger partial charge on any atom is -0.505 e. The Labute approximate surface area is 284 Å². The second-order valence-electron chi connectivity index (χ2n) is 12.1. The lowest BCUT2D eigenvalue weighted by molar-refractivity contribution is -0.137. The van der Waals surface area contributed by atoms with Crippen LogP contribution in [-0.2, 0) is 28.7 Å². The first-order valence-corrected chi connectivity index (χ1v) is 16.0. The molecule has 2 N–H and O–H groups in total. The first-order valence-electron chi connectivity index (χ1n) is 16.0. The number of carbonyl (C=O) groups is 2. The van der Waals surface area contributed by atoms with E-state index in [-0.39, 0.29) is 61.3 Å². The van der Waals surface area contributed by atoms with Gasteiger partial charge in [0.1, 0.15) is 18.0 Å². The third kappa shape index (κ3) is 6.72. The second kappa shape index (κ2) is 13.8. The number of pyridine rings is 1. The van der Waals surface area contributed by atoms with Crippen LogP contribution in [0.25, 0.3) is 11.4 Å². The number of carbonyl (C=O) groups excluding carboxylic acids is 2. The summed E-state index contributed by atoms with van der Waals surface area (Å²) in [6.07, 6.45) is -0.474. The van der Waals surface area contributed by atoms with Crippen LogP contribution in [0.15, 0.2) is 47.4 Å². The van der Waals surface area contributed by atoms with Crippen LogP contribution in [0.3, 0.4) is 0 Å². The molecule has 0 radical (unpaired) electrons. The van der Waals surface area contributed by atoms with Gasteiger partial charge in [0.05, 0.1) is 30.2 Å². The maximum absolute atomic E-state index is 14.2. The quantitative estimate of drug-likeness (QED) is 0.282. The lowest BCUT2D eigenvalue weighted by Gasteiger charge is -2.36. The molecule has 2 amide bonds. The summed E-state index contributed by atoms with van der Waals surface area (Å²) in [4.78, 5) is 54.3. The van der Waals surface area contributed by atoms with E-state index in [9.17, 15) is 32.7 Å². The van der Waals surface area contributed by atoms with Crippen molar-refractivity contribution in [2.24, 2.45) is 0 Å². The van der Waals surface area contributed by atoms with Crippen molar-refractivity contribution in [2.45, 2.75) is 32.5 Å². The van der Waals surface area contributed by atoms with Crippen molar-refractivity contribution in [1.29, 1.82) is 0 Å². The number of piperazine rings is 1. The predicted octanol–water partition coefficient (Wildman–Crippen LogP) is 3.04. The first-order chi connectivity index (χ1) is 23.9. The molecule has 14 nitrogen and oxygen atoms in total. The summed E-state index contributed by atoms with van der Waals surface area (Å²) in [5.74, 6) is -0.761. The summed E-state index contributed by atoms with van der Waals surface area (Å²) < 4.78 is 49.1. The van der Waals surface area contributed by atoms with E-state index in [1.807, 2.05) is 17.9 Å². The fraction of sp³-hybridized carbons (Fsp3) is 0.394. The van der Waals surface area contributed by atoms with Crippen LogP contribution in [0.1, 0.15) is 40.9 Å². The molecule has 0 atom stereocenters. The lowest BCUT2D eigenvalue weighted by atomic mass is 10.1. The zero-order chi connectivity index (χ0) is 35.7. The minimum atomic E-state index is -4.58. The van der Waals surface area contributed by atoms with Gasteiger partial charge in [-0.05, 0) is 48.7 Å². The van der Waals surface area contributed by atoms with E-state index < -0.39 is 29.1 Å². The van der Waals surface area contributed by atoms with Gasteiger partial charge in [-0.1, -0.05) is 13.0 Å². The second-order valence-corrected chi connectivity index (χ2v) is 12.1. The normalized spacial score (nSPS) is 15.3. The maximum atomic E-state index is 14.2. The van der Waals surface area contributed by atoms with Crippen molar-refractivity contribution < 1.29 is 32.6 Å². The van der Waals surface area contributed by atoms with Gasteiger partial charge >= 0.3 is 6.18 Å². The molecule has 1 saturated heterocycles. The number of hydrogen-bond donors (Lipinski definition) is 2. The van der Waals surface area contributed by atoms with Gasteiger partial charge in [-0.2, -0.15) is 22.7 Å². The zero-order valence-corrected chi connectivity index (χ0v) is 27.7. The summed E-state index contributed by atoms with van der Waals surface area (Å²) in [5.41, 5.74) is 0.298. The molecule has 264 valence electrons. The van der Waals surface area contributed by atoms with E-state index >= 15 is 0 Å². The molecule has 5 heterocycles. The van der Waals surface area contributed by atoms with Crippen LogP contribution in [0, 0.1) is 0 Å². The van der Waals surface area contributed by atoms with Crippen LogP contribution in [-0.4, -0.2) is 99.5 Å². The Morgan fingerprint density at radius 1 is 1.12 bits per heavy atom. The summed E-state index contributed by atoms with van der Waals surface area (Å²) >= 11 is 0. The van der Waals surface area contributed by atoms with Gasteiger partial charge in [-0.15, -0.1) is 5.10 Å². The van der Waals surface area contributed by atoms with E-state index in [0.29, 0.717) is 43.3 Å². The van der Waals surface area contributed by atoms with Crippen LogP contribution in [0.2, 0.25) is 0 Å². The molecular weight excluding hydrogens is 659 g/mol. The van der Waals surface area contributed by atoms with Crippen molar-refractivity contribution in [3.63, 3.8) is 0 Å². The Hall–Kier alpha value is -5.45. The van der Waals surface area contributed by atoms with E-state index in [4.69, 9.17) is 4.74 Å². The molecule has 17 heteroatoms. The molecule has 50 heavy (non-hydrogen) atoms. The highest BCUT2D eigenvalue weighted by molar-refractivity contribution is 5.95. The van der Waals surface area contributed by atoms with Gasteiger partial charge in [-0.25, -0.2) is 4.98 Å². The Bertz CT molecular complexity index is 2030. The highest BCUT2D eigenvalue weighted by Crippen LogP contribution is 2.37. The predicted molar refractivity (Wildman–Crippen MR) is 178 cm³/mol. The van der Waals surface area contributed by atoms with Crippen LogP contribution in [0.4, 0.5) is 30.2 Å². The molecule has 2 aliphatic heterocycles. The minimum absolute atomic E-state index is 0.0618. The van der Waals surface area contributed by atoms with Crippen molar-refractivity contribution in [1.82, 2.24) is 29.0 Å². The highest BCUT2D eigenvalue weighted by Gasteiger charge is 2.34. The average Bonchev–Trinajstić information content (AvgIpc) is 3.55. The van der Waals surface area contributed by atoms with E-state index in [1.165, 1.54) is 54.0 Å². The van der Waals surface area contributed by atoms with Gasteiger partial charge in [-0.3, -0.25) is 14.4 Å². The molecule has 0 bridgehead atoms. The molecule has 3 aromatic heterocycles. The summed E-state index contributed by atoms with van der Waals surface area (Å²) in [6, 6.07) is 6.28. The van der Waals surface area contributed by atoms with Crippen LogP contribution >= 0.6 is 0 Å². The molecule has 2 aliphatic rings. The van der Waals surface area contributed by atoms with Crippen LogP contribution < -0.4 is 20.7 Å². The Kier molecular flexibility index (Phi) is 9.51. The Morgan fingerprint density at radius 2 is 1.88 bits per heavy atom. The standard InChI is InChI=1S/C33H36F3N9O5/c1-4-23-28(42-12-14-43(15-13-42)30(48)27-25(46)6-5-11-37-27)31(49)45-32(39-29(40-45)20-9-16-50-17-10-20)44(23)19-26(47)38-21-7-8-22(33(34,35)36)24(18-21)41(2)3/h5-9,11,18,46H,4,10,12-17,19H2,1-3H3,(H,38,47). The Morgan fingerprint density at radius 3 is 2.52 bits per heavy atom. The number of hydrogen-bond acceptors (Lipinski definition) is 10. The smallest absolute Gasteiger partial charge is 0.418 e. The third-order valence-corrected chi connectivity index (χ3v) is 8.65.